The number of guanidine groups is 1. The van der Waals surface area contributed by atoms with Crippen LogP contribution in [0.25, 0.3) is 0 Å². The fraction of sp³-hybridized carbons (Fsp3) is 0.950. The molecule has 2 heterocycles. The summed E-state index contributed by atoms with van der Waals surface area (Å²) in [5.41, 5.74) is 0. The summed E-state index contributed by atoms with van der Waals surface area (Å²) in [5, 5.41) is 3.80. The molecule has 5 nitrogen and oxygen atoms in total. The second-order valence-electron chi connectivity index (χ2n) is 8.61. The Morgan fingerprint density at radius 3 is 2.64 bits per heavy atom. The first-order chi connectivity index (χ1) is 12.3. The summed E-state index contributed by atoms with van der Waals surface area (Å²) in [6, 6.07) is 0.695. The van der Waals surface area contributed by atoms with Crippen LogP contribution in [0.15, 0.2) is 4.99 Å². The van der Waals surface area contributed by atoms with E-state index in [0.717, 1.165) is 63.1 Å². The van der Waals surface area contributed by atoms with E-state index in [1.54, 1.807) is 0 Å². The Labute approximate surface area is 153 Å². The monoisotopic (exact) mass is 348 g/mol. The van der Waals surface area contributed by atoms with Crippen molar-refractivity contribution in [3.05, 3.63) is 0 Å². The lowest BCUT2D eigenvalue weighted by molar-refractivity contribution is 0.0315. The van der Waals surface area contributed by atoms with Crippen LogP contribution in [0, 0.1) is 17.8 Å². The molecule has 0 aromatic rings. The highest BCUT2D eigenvalue weighted by Crippen LogP contribution is 2.44. The molecule has 25 heavy (non-hydrogen) atoms. The van der Waals surface area contributed by atoms with E-state index in [9.17, 15) is 0 Å². The van der Waals surface area contributed by atoms with Crippen molar-refractivity contribution in [3.8, 4) is 0 Å². The van der Waals surface area contributed by atoms with E-state index in [1.165, 1.54) is 51.5 Å². The number of nitrogens with one attached hydrogen (secondary N) is 1. The van der Waals surface area contributed by atoms with Gasteiger partial charge in [0.05, 0.1) is 13.2 Å². The molecule has 4 fully saturated rings. The van der Waals surface area contributed by atoms with Crippen LogP contribution in [0.1, 0.15) is 44.9 Å². The zero-order valence-electron chi connectivity index (χ0n) is 16.0. The molecule has 1 N–H and O–H groups in total. The summed E-state index contributed by atoms with van der Waals surface area (Å²) in [6.07, 6.45) is 9.97. The van der Waals surface area contributed by atoms with Gasteiger partial charge in [0.25, 0.3) is 0 Å². The summed E-state index contributed by atoms with van der Waals surface area (Å²) >= 11 is 0. The third kappa shape index (κ3) is 4.48. The van der Waals surface area contributed by atoms with Gasteiger partial charge in [-0.1, -0.05) is 32.1 Å². The van der Waals surface area contributed by atoms with Crippen LogP contribution in [0.5, 0.6) is 0 Å². The van der Waals surface area contributed by atoms with Crippen molar-refractivity contribution in [2.45, 2.75) is 51.0 Å². The number of hydrogen-bond acceptors (Lipinski definition) is 3. The normalized spacial score (nSPS) is 35.2. The lowest BCUT2D eigenvalue weighted by atomic mass is 9.85. The zero-order chi connectivity index (χ0) is 17.1. The van der Waals surface area contributed by atoms with Gasteiger partial charge in [-0.25, -0.2) is 0 Å². The second-order valence-corrected chi connectivity index (χ2v) is 8.61. The molecule has 0 amide bonds. The summed E-state index contributed by atoms with van der Waals surface area (Å²) in [5.74, 6) is 3.85. The molecule has 3 atom stereocenters. The van der Waals surface area contributed by atoms with E-state index >= 15 is 0 Å². The van der Waals surface area contributed by atoms with Crippen molar-refractivity contribution in [1.29, 1.82) is 0 Å². The van der Waals surface area contributed by atoms with Gasteiger partial charge in [0, 0.05) is 45.8 Å². The number of morpholine rings is 1. The fourth-order valence-corrected chi connectivity index (χ4v) is 5.25. The molecule has 0 radical (unpaired) electrons. The van der Waals surface area contributed by atoms with Crippen LogP contribution in [-0.4, -0.2) is 74.8 Å². The van der Waals surface area contributed by atoms with Gasteiger partial charge in [0.2, 0.25) is 0 Å². The van der Waals surface area contributed by atoms with E-state index < -0.39 is 0 Å². The Kier molecular flexibility index (Phi) is 5.81. The number of nitrogens with zero attached hydrogens (tertiary/aromatic N) is 3. The van der Waals surface area contributed by atoms with E-state index in [4.69, 9.17) is 4.74 Å². The van der Waals surface area contributed by atoms with E-state index in [1.807, 2.05) is 7.05 Å². The molecule has 0 aromatic heterocycles. The van der Waals surface area contributed by atoms with Crippen LogP contribution in [0.3, 0.4) is 0 Å². The van der Waals surface area contributed by atoms with Gasteiger partial charge in [0.1, 0.15) is 0 Å². The molecule has 2 aliphatic carbocycles. The molecule has 2 saturated heterocycles. The van der Waals surface area contributed by atoms with Crippen LogP contribution < -0.4 is 5.32 Å². The smallest absolute Gasteiger partial charge is 0.193 e. The highest BCUT2D eigenvalue weighted by Gasteiger charge is 2.44. The minimum absolute atomic E-state index is 0.695. The second kappa shape index (κ2) is 8.26. The molecule has 0 bridgehead atoms. The van der Waals surface area contributed by atoms with Crippen LogP contribution in [-0.2, 0) is 4.74 Å². The summed E-state index contributed by atoms with van der Waals surface area (Å²) in [4.78, 5) is 9.69. The average Bonchev–Trinajstić information content (AvgIpc) is 3.30. The van der Waals surface area contributed by atoms with Crippen molar-refractivity contribution < 1.29 is 4.74 Å². The van der Waals surface area contributed by atoms with Crippen molar-refractivity contribution in [3.63, 3.8) is 0 Å². The van der Waals surface area contributed by atoms with Crippen molar-refractivity contribution >= 4 is 5.96 Å². The minimum Gasteiger partial charge on any atom is -0.379 e. The first-order valence-electron chi connectivity index (χ1n) is 10.6. The van der Waals surface area contributed by atoms with E-state index in [2.05, 4.69) is 20.1 Å². The Hall–Kier alpha value is -0.810. The predicted molar refractivity (Wildman–Crippen MR) is 102 cm³/mol. The maximum Gasteiger partial charge on any atom is 0.193 e. The quantitative estimate of drug-likeness (QED) is 0.624. The number of rotatable bonds is 4. The summed E-state index contributed by atoms with van der Waals surface area (Å²) in [6.45, 7) is 7.58. The third-order valence-electron chi connectivity index (χ3n) is 6.83. The Balaban J connectivity index is 1.22. The van der Waals surface area contributed by atoms with E-state index in [0.29, 0.717) is 6.04 Å². The van der Waals surface area contributed by atoms with Gasteiger partial charge < -0.3 is 15.0 Å². The zero-order valence-corrected chi connectivity index (χ0v) is 16.0. The third-order valence-corrected chi connectivity index (χ3v) is 6.83. The van der Waals surface area contributed by atoms with Gasteiger partial charge in [-0.3, -0.25) is 9.89 Å². The molecular weight excluding hydrogens is 312 g/mol. The molecule has 5 heteroatoms. The molecule has 142 valence electrons. The van der Waals surface area contributed by atoms with E-state index in [-0.39, 0.29) is 0 Å². The van der Waals surface area contributed by atoms with Crippen LogP contribution in [0.2, 0.25) is 0 Å². The number of aliphatic imine (C=N–C) groups is 1. The van der Waals surface area contributed by atoms with Crippen LogP contribution >= 0.6 is 0 Å². The van der Waals surface area contributed by atoms with Crippen molar-refractivity contribution in [2.24, 2.45) is 22.7 Å². The molecular formula is C20H36N4O. The minimum atomic E-state index is 0.695. The molecule has 3 unspecified atom stereocenters. The molecule has 4 aliphatic rings. The van der Waals surface area contributed by atoms with Gasteiger partial charge in [-0.2, -0.15) is 0 Å². The SMILES string of the molecule is CN=C(NC1CC1C1CCCCC1)N1CCC(CN2CCOCC2)C1. The molecule has 0 aromatic carbocycles. The topological polar surface area (TPSA) is 40.1 Å². The molecule has 2 saturated carbocycles. The van der Waals surface area contributed by atoms with Gasteiger partial charge in [-0.05, 0) is 30.6 Å². The predicted octanol–water partition coefficient (Wildman–Crippen LogP) is 2.18. The highest BCUT2D eigenvalue weighted by atomic mass is 16.5. The number of ether oxygens (including phenoxy) is 1. The van der Waals surface area contributed by atoms with Gasteiger partial charge >= 0.3 is 0 Å². The maximum absolute atomic E-state index is 5.47. The Morgan fingerprint density at radius 1 is 1.08 bits per heavy atom. The van der Waals surface area contributed by atoms with Gasteiger partial charge in [-0.15, -0.1) is 0 Å². The maximum atomic E-state index is 5.47. The fourth-order valence-electron chi connectivity index (χ4n) is 5.25. The van der Waals surface area contributed by atoms with Gasteiger partial charge in [0.15, 0.2) is 5.96 Å². The number of likely N-dealkylation sites (tertiary alicyclic amines) is 1. The Bertz CT molecular complexity index is 457. The molecule has 4 rings (SSSR count). The van der Waals surface area contributed by atoms with Crippen LogP contribution in [0.4, 0.5) is 0 Å². The first-order valence-corrected chi connectivity index (χ1v) is 10.6. The number of hydrogen-bond donors (Lipinski definition) is 1. The standard InChI is InChI=1S/C20H36N4O/c1-21-20(22-19-13-18(19)17-5-3-2-4-6-17)24-8-7-16(15-24)14-23-9-11-25-12-10-23/h16-19H,2-15H2,1H3,(H,21,22). The largest absolute Gasteiger partial charge is 0.379 e. The lowest BCUT2D eigenvalue weighted by Crippen LogP contribution is -2.43. The first kappa shape index (κ1) is 17.6. The Morgan fingerprint density at radius 2 is 1.88 bits per heavy atom. The molecule has 2 aliphatic heterocycles. The summed E-state index contributed by atoms with van der Waals surface area (Å²) < 4.78 is 5.47. The van der Waals surface area contributed by atoms with Crippen molar-refractivity contribution in [1.82, 2.24) is 15.1 Å². The summed E-state index contributed by atoms with van der Waals surface area (Å²) in [7, 11) is 1.95. The van der Waals surface area contributed by atoms with Crippen molar-refractivity contribution in [2.75, 3.05) is 53.0 Å². The lowest BCUT2D eigenvalue weighted by Gasteiger charge is -2.29. The molecule has 0 spiro atoms. The highest BCUT2D eigenvalue weighted by molar-refractivity contribution is 5.80. The average molecular weight is 349 g/mol.